The Morgan fingerprint density at radius 1 is 1.30 bits per heavy atom. The van der Waals surface area contributed by atoms with Crippen LogP contribution in [0.4, 0.5) is 10.5 Å². The van der Waals surface area contributed by atoms with Crippen molar-refractivity contribution < 1.29 is 4.79 Å². The molecule has 0 spiro atoms. The Balaban J connectivity index is 1.85. The minimum atomic E-state index is -0.120. The molecule has 0 radical (unpaired) electrons. The summed E-state index contributed by atoms with van der Waals surface area (Å²) in [6.07, 6.45) is 8.59. The zero-order valence-corrected chi connectivity index (χ0v) is 15.3. The first-order valence-electron chi connectivity index (χ1n) is 8.45. The summed E-state index contributed by atoms with van der Waals surface area (Å²) in [4.78, 5) is 15.6. The number of amides is 2. The van der Waals surface area contributed by atoms with Crippen LogP contribution < -0.4 is 10.6 Å². The molecule has 0 aromatic heterocycles. The molecular formula is C18H29N3OS. The molecule has 1 unspecified atom stereocenters. The van der Waals surface area contributed by atoms with Crippen LogP contribution in [0.25, 0.3) is 0 Å². The summed E-state index contributed by atoms with van der Waals surface area (Å²) in [5.74, 6) is 0.693. The fourth-order valence-electron chi connectivity index (χ4n) is 3.36. The number of hydrogen-bond donors (Lipinski definition) is 2. The zero-order valence-electron chi connectivity index (χ0n) is 14.5. The molecule has 0 aliphatic heterocycles. The highest BCUT2D eigenvalue weighted by atomic mass is 32.2. The molecular weight excluding hydrogens is 306 g/mol. The smallest absolute Gasteiger partial charge is 0.319 e. The van der Waals surface area contributed by atoms with Crippen LogP contribution in [0.3, 0.4) is 0 Å². The number of carbonyl (C=O) groups is 1. The summed E-state index contributed by atoms with van der Waals surface area (Å²) in [6, 6.07) is 8.22. The molecule has 1 fully saturated rings. The summed E-state index contributed by atoms with van der Waals surface area (Å²) in [5, 5.41) is 5.98. The van der Waals surface area contributed by atoms with Gasteiger partial charge < -0.3 is 15.5 Å². The fourth-order valence-corrected chi connectivity index (χ4v) is 3.82. The Labute approximate surface area is 144 Å². The minimum absolute atomic E-state index is 0.120. The first kappa shape index (κ1) is 18.1. The molecule has 128 valence electrons. The molecule has 1 aliphatic rings. The number of nitrogens with one attached hydrogen (secondary N) is 2. The largest absolute Gasteiger partial charge is 0.336 e. The van der Waals surface area contributed by atoms with E-state index in [1.807, 2.05) is 30.5 Å². The second-order valence-electron chi connectivity index (χ2n) is 6.50. The first-order chi connectivity index (χ1) is 11.1. The number of hydrogen-bond acceptors (Lipinski definition) is 3. The van der Waals surface area contributed by atoms with E-state index in [1.54, 1.807) is 11.8 Å². The standard InChI is InChI=1S/C18H29N3OS/c1-21(2)17(14-8-5-4-6-9-14)13-19-18(22)20-15-10-7-11-16(12-15)23-3/h7,10-12,14,17H,4-6,8-9,13H2,1-3H3,(H2,19,20,22). The fraction of sp³-hybridized carbons (Fsp3) is 0.611. The zero-order chi connectivity index (χ0) is 16.7. The number of carbonyl (C=O) groups excluding carboxylic acids is 1. The molecule has 2 rings (SSSR count). The Kier molecular flexibility index (Phi) is 7.24. The van der Waals surface area contributed by atoms with E-state index in [0.717, 1.165) is 10.6 Å². The second kappa shape index (κ2) is 9.18. The van der Waals surface area contributed by atoms with Crippen LogP contribution in [0, 0.1) is 5.92 Å². The average Bonchev–Trinajstić information content (AvgIpc) is 2.56. The quantitative estimate of drug-likeness (QED) is 0.771. The van der Waals surface area contributed by atoms with Gasteiger partial charge in [0.2, 0.25) is 0 Å². The normalized spacial score (nSPS) is 17.0. The van der Waals surface area contributed by atoms with Crippen molar-refractivity contribution in [2.75, 3.05) is 32.2 Å². The summed E-state index contributed by atoms with van der Waals surface area (Å²) < 4.78 is 0. The van der Waals surface area contributed by atoms with Crippen molar-refractivity contribution in [2.45, 2.75) is 43.0 Å². The third-order valence-electron chi connectivity index (χ3n) is 4.66. The van der Waals surface area contributed by atoms with Crippen molar-refractivity contribution in [2.24, 2.45) is 5.92 Å². The van der Waals surface area contributed by atoms with Crippen molar-refractivity contribution >= 4 is 23.5 Å². The topological polar surface area (TPSA) is 44.4 Å². The number of nitrogens with zero attached hydrogens (tertiary/aromatic N) is 1. The van der Waals surface area contributed by atoms with Gasteiger partial charge in [-0.1, -0.05) is 25.3 Å². The predicted octanol–water partition coefficient (Wildman–Crippen LogP) is 4.04. The van der Waals surface area contributed by atoms with Crippen LogP contribution in [-0.4, -0.2) is 43.9 Å². The highest BCUT2D eigenvalue weighted by Crippen LogP contribution is 2.28. The lowest BCUT2D eigenvalue weighted by Gasteiger charge is -2.34. The van der Waals surface area contributed by atoms with Gasteiger partial charge in [0.25, 0.3) is 0 Å². The van der Waals surface area contributed by atoms with Gasteiger partial charge in [0.05, 0.1) is 0 Å². The van der Waals surface area contributed by atoms with Crippen molar-refractivity contribution in [3.63, 3.8) is 0 Å². The van der Waals surface area contributed by atoms with Gasteiger partial charge >= 0.3 is 6.03 Å². The molecule has 0 saturated heterocycles. The Hall–Kier alpha value is -1.20. The summed E-state index contributed by atoms with van der Waals surface area (Å²) in [6.45, 7) is 0.700. The number of likely N-dealkylation sites (N-methyl/N-ethyl adjacent to an activating group) is 1. The van der Waals surface area contributed by atoms with Crippen LogP contribution in [0.15, 0.2) is 29.2 Å². The Morgan fingerprint density at radius 2 is 2.04 bits per heavy atom. The molecule has 2 amide bonds. The molecule has 23 heavy (non-hydrogen) atoms. The van der Waals surface area contributed by atoms with Gasteiger partial charge in [0.15, 0.2) is 0 Å². The van der Waals surface area contributed by atoms with Gasteiger partial charge in [-0.3, -0.25) is 0 Å². The van der Waals surface area contributed by atoms with Crippen molar-refractivity contribution in [3.8, 4) is 0 Å². The SMILES string of the molecule is CSc1cccc(NC(=O)NCC(C2CCCCC2)N(C)C)c1. The number of urea groups is 1. The van der Waals surface area contributed by atoms with Crippen molar-refractivity contribution in [1.29, 1.82) is 0 Å². The van der Waals surface area contributed by atoms with Gasteiger partial charge in [-0.05, 0) is 57.3 Å². The van der Waals surface area contributed by atoms with Crippen LogP contribution in [0.5, 0.6) is 0 Å². The molecule has 1 aromatic carbocycles. The maximum absolute atomic E-state index is 12.2. The number of benzene rings is 1. The van der Waals surface area contributed by atoms with Crippen LogP contribution >= 0.6 is 11.8 Å². The van der Waals surface area contributed by atoms with E-state index in [1.165, 1.54) is 32.1 Å². The monoisotopic (exact) mass is 335 g/mol. The Morgan fingerprint density at radius 3 is 2.70 bits per heavy atom. The van der Waals surface area contributed by atoms with E-state index in [4.69, 9.17) is 0 Å². The van der Waals surface area contributed by atoms with Gasteiger partial charge in [-0.15, -0.1) is 11.8 Å². The van der Waals surface area contributed by atoms with E-state index in [0.29, 0.717) is 18.5 Å². The highest BCUT2D eigenvalue weighted by molar-refractivity contribution is 7.98. The molecule has 0 heterocycles. The van der Waals surface area contributed by atoms with E-state index in [-0.39, 0.29) is 6.03 Å². The van der Waals surface area contributed by atoms with Gasteiger partial charge in [-0.2, -0.15) is 0 Å². The lowest BCUT2D eigenvalue weighted by Crippen LogP contribution is -2.46. The molecule has 0 bridgehead atoms. The molecule has 2 N–H and O–H groups in total. The maximum Gasteiger partial charge on any atom is 0.319 e. The van der Waals surface area contributed by atoms with E-state index >= 15 is 0 Å². The third kappa shape index (κ3) is 5.74. The molecule has 5 heteroatoms. The van der Waals surface area contributed by atoms with Crippen LogP contribution in [0.1, 0.15) is 32.1 Å². The van der Waals surface area contributed by atoms with Crippen LogP contribution in [-0.2, 0) is 0 Å². The minimum Gasteiger partial charge on any atom is -0.336 e. The molecule has 4 nitrogen and oxygen atoms in total. The van der Waals surface area contributed by atoms with Crippen molar-refractivity contribution in [3.05, 3.63) is 24.3 Å². The van der Waals surface area contributed by atoms with Crippen molar-refractivity contribution in [1.82, 2.24) is 10.2 Å². The lowest BCUT2D eigenvalue weighted by molar-refractivity contribution is 0.167. The first-order valence-corrected chi connectivity index (χ1v) is 9.68. The van der Waals surface area contributed by atoms with Gasteiger partial charge in [0.1, 0.15) is 0 Å². The van der Waals surface area contributed by atoms with E-state index in [2.05, 4.69) is 29.6 Å². The summed E-state index contributed by atoms with van der Waals surface area (Å²) >= 11 is 1.67. The lowest BCUT2D eigenvalue weighted by atomic mass is 9.83. The predicted molar refractivity (Wildman–Crippen MR) is 99.3 cm³/mol. The molecule has 1 atom stereocenters. The number of rotatable bonds is 6. The third-order valence-corrected chi connectivity index (χ3v) is 5.38. The number of thioether (sulfide) groups is 1. The highest BCUT2D eigenvalue weighted by Gasteiger charge is 2.25. The van der Waals surface area contributed by atoms with Gasteiger partial charge in [0, 0.05) is 23.2 Å². The molecule has 1 aromatic rings. The van der Waals surface area contributed by atoms with Crippen LogP contribution in [0.2, 0.25) is 0 Å². The van der Waals surface area contributed by atoms with Gasteiger partial charge in [-0.25, -0.2) is 4.79 Å². The van der Waals surface area contributed by atoms with E-state index in [9.17, 15) is 4.79 Å². The number of anilines is 1. The maximum atomic E-state index is 12.2. The second-order valence-corrected chi connectivity index (χ2v) is 7.38. The summed E-state index contributed by atoms with van der Waals surface area (Å²) in [7, 11) is 4.22. The average molecular weight is 336 g/mol. The Bertz CT molecular complexity index is 501. The summed E-state index contributed by atoms with van der Waals surface area (Å²) in [5.41, 5.74) is 0.841. The molecule has 1 aliphatic carbocycles. The van der Waals surface area contributed by atoms with E-state index < -0.39 is 0 Å². The molecule has 1 saturated carbocycles.